The summed E-state index contributed by atoms with van der Waals surface area (Å²) in [5.41, 5.74) is 0.751. The third-order valence-electron chi connectivity index (χ3n) is 3.81. The van der Waals surface area contributed by atoms with Gasteiger partial charge in [-0.25, -0.2) is 4.90 Å². The fraction of sp³-hybridized carbons (Fsp3) is 0.111. The number of aliphatic hydroxyl groups is 1. The molecule has 0 saturated heterocycles. The van der Waals surface area contributed by atoms with E-state index in [1.807, 2.05) is 0 Å². The Morgan fingerprint density at radius 3 is 2.41 bits per heavy atom. The quantitative estimate of drug-likeness (QED) is 0.450. The van der Waals surface area contributed by atoms with E-state index >= 15 is 0 Å². The largest absolute Gasteiger partial charge is 0.396 e. The molecule has 1 heterocycles. The van der Waals surface area contributed by atoms with Crippen LogP contribution in [-0.4, -0.2) is 34.2 Å². The van der Waals surface area contributed by atoms with Gasteiger partial charge in [0.15, 0.2) is 0 Å². The van der Waals surface area contributed by atoms with Crippen molar-refractivity contribution in [2.45, 2.75) is 0 Å². The Kier molecular flexibility index (Phi) is 5.59. The lowest BCUT2D eigenvalue weighted by molar-refractivity contribution is -0.384. The number of nitrogens with zero attached hydrogens (tertiary/aromatic N) is 2. The highest BCUT2D eigenvalue weighted by Crippen LogP contribution is 2.39. The molecule has 2 aromatic rings. The second kappa shape index (κ2) is 7.91. The molecule has 1 aliphatic rings. The monoisotopic (exact) mass is 404 g/mol. The van der Waals surface area contributed by atoms with Crippen molar-refractivity contribution in [1.82, 2.24) is 0 Å². The molecule has 9 heteroatoms. The highest BCUT2D eigenvalue weighted by molar-refractivity contribution is 8.04. The molecule has 7 nitrogen and oxygen atoms in total. The van der Waals surface area contributed by atoms with Crippen molar-refractivity contribution < 1.29 is 19.6 Å². The maximum Gasteiger partial charge on any atom is 0.272 e. The van der Waals surface area contributed by atoms with E-state index in [4.69, 9.17) is 16.7 Å². The molecule has 0 aliphatic carbocycles. The molecule has 0 bridgehead atoms. The Labute approximate surface area is 163 Å². The minimum atomic E-state index is -0.545. The van der Waals surface area contributed by atoms with E-state index < -0.39 is 16.7 Å². The molecule has 0 unspecified atom stereocenters. The summed E-state index contributed by atoms with van der Waals surface area (Å²) in [6.07, 6.45) is 0. The third-order valence-corrected chi connectivity index (χ3v) is 5.10. The lowest BCUT2D eigenvalue weighted by Crippen LogP contribution is -2.31. The lowest BCUT2D eigenvalue weighted by Gasteiger charge is -2.15. The minimum absolute atomic E-state index is 0.118. The second-order valence-electron chi connectivity index (χ2n) is 5.51. The summed E-state index contributed by atoms with van der Waals surface area (Å²) >= 11 is 7.04. The fourth-order valence-electron chi connectivity index (χ4n) is 2.65. The first-order valence-corrected chi connectivity index (χ1v) is 9.17. The van der Waals surface area contributed by atoms with Crippen molar-refractivity contribution in [3.8, 4) is 0 Å². The summed E-state index contributed by atoms with van der Waals surface area (Å²) in [5, 5.41) is 20.3. The number of thioether (sulfide) groups is 1. The Morgan fingerprint density at radius 2 is 1.81 bits per heavy atom. The first-order valence-electron chi connectivity index (χ1n) is 7.81. The Balaban J connectivity index is 2.06. The van der Waals surface area contributed by atoms with Gasteiger partial charge < -0.3 is 5.11 Å². The highest BCUT2D eigenvalue weighted by atomic mass is 35.5. The SMILES string of the molecule is O=C1C(SCCO)=C(c2ccc([N+](=O)[O-])cc2)C(=O)N1c1cccc(Cl)c1. The summed E-state index contributed by atoms with van der Waals surface area (Å²) in [6, 6.07) is 11.8. The van der Waals surface area contributed by atoms with Crippen LogP contribution in [-0.2, 0) is 9.59 Å². The number of amides is 2. The van der Waals surface area contributed by atoms with Gasteiger partial charge in [0.2, 0.25) is 0 Å². The number of carbonyl (C=O) groups excluding carboxylic acids is 2. The number of halogens is 1. The number of imide groups is 1. The molecule has 0 spiro atoms. The molecule has 1 N–H and O–H groups in total. The minimum Gasteiger partial charge on any atom is -0.396 e. The van der Waals surface area contributed by atoms with Gasteiger partial charge in [-0.05, 0) is 35.9 Å². The summed E-state index contributed by atoms with van der Waals surface area (Å²) in [6.45, 7) is -0.166. The van der Waals surface area contributed by atoms with Crippen molar-refractivity contribution >= 4 is 52.1 Å². The maximum atomic E-state index is 13.0. The number of anilines is 1. The van der Waals surface area contributed by atoms with E-state index in [1.54, 1.807) is 18.2 Å². The number of carbonyl (C=O) groups is 2. The normalized spacial score (nSPS) is 14.2. The summed E-state index contributed by atoms with van der Waals surface area (Å²) in [5.74, 6) is -0.834. The van der Waals surface area contributed by atoms with Crippen molar-refractivity contribution in [3.63, 3.8) is 0 Å². The van der Waals surface area contributed by atoms with Gasteiger partial charge in [0.25, 0.3) is 17.5 Å². The first kappa shape index (κ1) is 19.1. The molecule has 1 aliphatic heterocycles. The summed E-state index contributed by atoms with van der Waals surface area (Å²) < 4.78 is 0. The first-order chi connectivity index (χ1) is 12.9. The van der Waals surface area contributed by atoms with Crippen LogP contribution in [0.5, 0.6) is 0 Å². The number of hydrogen-bond acceptors (Lipinski definition) is 6. The van der Waals surface area contributed by atoms with Crippen LogP contribution < -0.4 is 4.90 Å². The maximum absolute atomic E-state index is 13.0. The third kappa shape index (κ3) is 3.73. The number of nitro groups is 1. The van der Waals surface area contributed by atoms with E-state index in [0.29, 0.717) is 16.3 Å². The average Bonchev–Trinajstić information content (AvgIpc) is 2.89. The number of benzene rings is 2. The van der Waals surface area contributed by atoms with Crippen LogP contribution in [0.4, 0.5) is 11.4 Å². The molecule has 0 aromatic heterocycles. The van der Waals surface area contributed by atoms with E-state index in [1.165, 1.54) is 30.3 Å². The van der Waals surface area contributed by atoms with Gasteiger partial charge in [-0.1, -0.05) is 17.7 Å². The standard InChI is InChI=1S/C18H13ClN2O5S/c19-12-2-1-3-14(10-12)20-17(23)15(16(18(20)24)27-9-8-22)11-4-6-13(7-5-11)21(25)26/h1-7,10,22H,8-9H2. The number of aliphatic hydroxyl groups excluding tert-OH is 1. The topological polar surface area (TPSA) is 101 Å². The number of non-ortho nitro benzene ring substituents is 1. The Morgan fingerprint density at radius 1 is 1.11 bits per heavy atom. The predicted molar refractivity (Wildman–Crippen MR) is 104 cm³/mol. The van der Waals surface area contributed by atoms with Crippen LogP contribution in [0.1, 0.15) is 5.56 Å². The molecule has 2 aromatic carbocycles. The fourth-order valence-corrected chi connectivity index (χ4v) is 3.69. The molecule has 138 valence electrons. The van der Waals surface area contributed by atoms with E-state index in [2.05, 4.69) is 0 Å². The molecule has 27 heavy (non-hydrogen) atoms. The van der Waals surface area contributed by atoms with Gasteiger partial charge in [-0.15, -0.1) is 11.8 Å². The van der Waals surface area contributed by atoms with Crippen molar-refractivity contribution in [1.29, 1.82) is 0 Å². The molecule has 0 saturated carbocycles. The Bertz CT molecular complexity index is 958. The molecule has 0 fully saturated rings. The van der Waals surface area contributed by atoms with Crippen LogP contribution in [0.3, 0.4) is 0 Å². The predicted octanol–water partition coefficient (Wildman–Crippen LogP) is 3.26. The van der Waals surface area contributed by atoms with E-state index in [9.17, 15) is 19.7 Å². The lowest BCUT2D eigenvalue weighted by atomic mass is 10.1. The molecular weight excluding hydrogens is 392 g/mol. The highest BCUT2D eigenvalue weighted by Gasteiger charge is 2.40. The average molecular weight is 405 g/mol. The van der Waals surface area contributed by atoms with Crippen molar-refractivity contribution in [2.75, 3.05) is 17.3 Å². The van der Waals surface area contributed by atoms with Gasteiger partial charge in [-0.2, -0.15) is 0 Å². The molecule has 0 atom stereocenters. The second-order valence-corrected chi connectivity index (χ2v) is 7.05. The molecule has 0 radical (unpaired) electrons. The van der Waals surface area contributed by atoms with Gasteiger partial charge in [-0.3, -0.25) is 19.7 Å². The van der Waals surface area contributed by atoms with E-state index in [-0.39, 0.29) is 28.5 Å². The molecular formula is C18H13ClN2O5S. The molecule has 2 amide bonds. The zero-order valence-electron chi connectivity index (χ0n) is 13.8. The van der Waals surface area contributed by atoms with Gasteiger partial charge in [0.05, 0.1) is 27.7 Å². The van der Waals surface area contributed by atoms with Crippen LogP contribution in [0.25, 0.3) is 5.57 Å². The number of nitro benzene ring substituents is 1. The van der Waals surface area contributed by atoms with Crippen LogP contribution in [0.2, 0.25) is 5.02 Å². The summed E-state index contributed by atoms with van der Waals surface area (Å²) in [4.78, 5) is 37.4. The van der Waals surface area contributed by atoms with Gasteiger partial charge in [0.1, 0.15) is 0 Å². The van der Waals surface area contributed by atoms with Crippen LogP contribution >= 0.6 is 23.4 Å². The van der Waals surface area contributed by atoms with Crippen molar-refractivity contribution in [3.05, 3.63) is 74.1 Å². The summed E-state index contributed by atoms with van der Waals surface area (Å²) in [7, 11) is 0. The van der Waals surface area contributed by atoms with Gasteiger partial charge >= 0.3 is 0 Å². The smallest absolute Gasteiger partial charge is 0.272 e. The Hall–Kier alpha value is -2.68. The number of rotatable bonds is 6. The number of hydrogen-bond donors (Lipinski definition) is 1. The van der Waals surface area contributed by atoms with Gasteiger partial charge in [0, 0.05) is 22.9 Å². The van der Waals surface area contributed by atoms with Crippen molar-refractivity contribution in [2.24, 2.45) is 0 Å². The molecule has 3 rings (SSSR count). The van der Waals surface area contributed by atoms with Crippen LogP contribution in [0, 0.1) is 10.1 Å². The van der Waals surface area contributed by atoms with Crippen LogP contribution in [0.15, 0.2) is 53.4 Å². The zero-order valence-corrected chi connectivity index (χ0v) is 15.4. The zero-order chi connectivity index (χ0) is 19.6. The van der Waals surface area contributed by atoms with E-state index in [0.717, 1.165) is 16.7 Å².